The van der Waals surface area contributed by atoms with Crippen LogP contribution in [0.3, 0.4) is 0 Å². The fourth-order valence-corrected chi connectivity index (χ4v) is 3.14. The molecule has 1 fully saturated rings. The molecular formula is C17H30Cl2N2O. The number of hydrogen-bond acceptors (Lipinski definition) is 3. The quantitative estimate of drug-likeness (QED) is 0.892. The second-order valence-electron chi connectivity index (χ2n) is 6.56. The number of halogens is 2. The average molecular weight is 349 g/mol. The number of nitrogens with zero attached hydrogens (tertiary/aromatic N) is 1. The van der Waals surface area contributed by atoms with Crippen molar-refractivity contribution in [2.75, 3.05) is 32.8 Å². The molecule has 5 heteroatoms. The first-order valence-electron chi connectivity index (χ1n) is 7.70. The molecule has 0 radical (unpaired) electrons. The van der Waals surface area contributed by atoms with E-state index >= 15 is 0 Å². The van der Waals surface area contributed by atoms with Gasteiger partial charge < -0.3 is 10.1 Å². The lowest BCUT2D eigenvalue weighted by molar-refractivity contribution is 0.0860. The van der Waals surface area contributed by atoms with Crippen molar-refractivity contribution in [3.05, 3.63) is 29.8 Å². The third kappa shape index (κ3) is 5.62. The summed E-state index contributed by atoms with van der Waals surface area (Å²) in [4.78, 5) is 2.60. The van der Waals surface area contributed by atoms with Gasteiger partial charge in [-0.25, -0.2) is 0 Å². The minimum absolute atomic E-state index is 0. The fourth-order valence-electron chi connectivity index (χ4n) is 3.14. The second-order valence-corrected chi connectivity index (χ2v) is 6.56. The molecule has 0 spiro atoms. The number of hydrogen-bond donors (Lipinski definition) is 1. The van der Waals surface area contributed by atoms with Crippen LogP contribution in [-0.2, 0) is 0 Å². The van der Waals surface area contributed by atoms with Gasteiger partial charge in [0.1, 0.15) is 5.75 Å². The molecule has 0 saturated carbocycles. The molecule has 0 amide bonds. The van der Waals surface area contributed by atoms with E-state index in [4.69, 9.17) is 4.74 Å². The zero-order valence-corrected chi connectivity index (χ0v) is 15.7. The second kappa shape index (κ2) is 9.61. The van der Waals surface area contributed by atoms with Crippen LogP contribution in [0.5, 0.6) is 5.75 Å². The SMILES string of the molecule is CCOc1cccc([C@@H](N2CCNCC2)C(C)(C)C)c1.Cl.Cl. The summed E-state index contributed by atoms with van der Waals surface area (Å²) in [6, 6.07) is 9.04. The predicted octanol–water partition coefficient (Wildman–Crippen LogP) is 3.92. The van der Waals surface area contributed by atoms with Crippen molar-refractivity contribution in [2.24, 2.45) is 5.41 Å². The molecule has 0 unspecified atom stereocenters. The summed E-state index contributed by atoms with van der Waals surface area (Å²) in [6.45, 7) is 14.1. The maximum atomic E-state index is 5.67. The number of rotatable bonds is 4. The van der Waals surface area contributed by atoms with Gasteiger partial charge in [-0.05, 0) is 30.0 Å². The van der Waals surface area contributed by atoms with E-state index in [-0.39, 0.29) is 30.2 Å². The van der Waals surface area contributed by atoms with E-state index in [1.807, 2.05) is 13.0 Å². The molecular weight excluding hydrogens is 319 g/mol. The Balaban J connectivity index is 0.00000220. The van der Waals surface area contributed by atoms with Crippen molar-refractivity contribution < 1.29 is 4.74 Å². The zero-order chi connectivity index (χ0) is 14.6. The predicted molar refractivity (Wildman–Crippen MR) is 98.7 cm³/mol. The summed E-state index contributed by atoms with van der Waals surface area (Å²) in [5.41, 5.74) is 1.58. The molecule has 1 heterocycles. The summed E-state index contributed by atoms with van der Waals surface area (Å²) in [6.07, 6.45) is 0. The number of piperazine rings is 1. The number of benzene rings is 1. The van der Waals surface area contributed by atoms with Crippen molar-refractivity contribution in [1.29, 1.82) is 0 Å². The Bertz CT molecular complexity index is 429. The van der Waals surface area contributed by atoms with Gasteiger partial charge in [0.15, 0.2) is 0 Å². The van der Waals surface area contributed by atoms with Crippen LogP contribution in [0, 0.1) is 5.41 Å². The fraction of sp³-hybridized carbons (Fsp3) is 0.647. The number of ether oxygens (including phenoxy) is 1. The van der Waals surface area contributed by atoms with Gasteiger partial charge >= 0.3 is 0 Å². The van der Waals surface area contributed by atoms with E-state index in [2.05, 4.69) is 49.2 Å². The summed E-state index contributed by atoms with van der Waals surface area (Å²) >= 11 is 0. The maximum Gasteiger partial charge on any atom is 0.119 e. The topological polar surface area (TPSA) is 24.5 Å². The molecule has 1 aliphatic heterocycles. The summed E-state index contributed by atoms with van der Waals surface area (Å²) in [7, 11) is 0. The molecule has 1 aromatic rings. The Kier molecular flexibility index (Phi) is 9.40. The lowest BCUT2D eigenvalue weighted by atomic mass is 9.81. The lowest BCUT2D eigenvalue weighted by Gasteiger charge is -2.42. The third-order valence-corrected chi connectivity index (χ3v) is 3.82. The highest BCUT2D eigenvalue weighted by atomic mass is 35.5. The van der Waals surface area contributed by atoms with Gasteiger partial charge in [0.25, 0.3) is 0 Å². The average Bonchev–Trinajstić information content (AvgIpc) is 2.39. The minimum Gasteiger partial charge on any atom is -0.494 e. The molecule has 3 nitrogen and oxygen atoms in total. The highest BCUT2D eigenvalue weighted by Gasteiger charge is 2.32. The Morgan fingerprint density at radius 1 is 1.18 bits per heavy atom. The van der Waals surface area contributed by atoms with Gasteiger partial charge in [0.05, 0.1) is 6.61 Å². The first-order chi connectivity index (χ1) is 9.52. The van der Waals surface area contributed by atoms with E-state index in [0.29, 0.717) is 6.04 Å². The van der Waals surface area contributed by atoms with Gasteiger partial charge in [-0.15, -0.1) is 24.8 Å². The van der Waals surface area contributed by atoms with Crippen LogP contribution < -0.4 is 10.1 Å². The normalized spacial score (nSPS) is 17.1. The molecule has 22 heavy (non-hydrogen) atoms. The van der Waals surface area contributed by atoms with Gasteiger partial charge in [0.2, 0.25) is 0 Å². The first kappa shape index (κ1) is 21.5. The van der Waals surface area contributed by atoms with Crippen LogP contribution in [0.15, 0.2) is 24.3 Å². The summed E-state index contributed by atoms with van der Waals surface area (Å²) in [5.74, 6) is 0.981. The van der Waals surface area contributed by atoms with E-state index < -0.39 is 0 Å². The van der Waals surface area contributed by atoms with E-state index in [1.165, 1.54) is 5.56 Å². The molecule has 2 rings (SSSR count). The Morgan fingerprint density at radius 2 is 1.82 bits per heavy atom. The molecule has 1 atom stereocenters. The molecule has 1 saturated heterocycles. The van der Waals surface area contributed by atoms with Crippen LogP contribution in [0.1, 0.15) is 39.3 Å². The van der Waals surface area contributed by atoms with E-state index in [0.717, 1.165) is 38.5 Å². The van der Waals surface area contributed by atoms with E-state index in [9.17, 15) is 0 Å². The molecule has 1 N–H and O–H groups in total. The summed E-state index contributed by atoms with van der Waals surface area (Å²) in [5, 5.41) is 3.44. The molecule has 1 aliphatic rings. The molecule has 0 aliphatic carbocycles. The zero-order valence-electron chi connectivity index (χ0n) is 14.1. The Labute approximate surface area is 147 Å². The van der Waals surface area contributed by atoms with Gasteiger partial charge in [0, 0.05) is 32.2 Å². The van der Waals surface area contributed by atoms with Crippen LogP contribution >= 0.6 is 24.8 Å². The molecule has 128 valence electrons. The van der Waals surface area contributed by atoms with Crippen LogP contribution in [0.2, 0.25) is 0 Å². The van der Waals surface area contributed by atoms with Crippen molar-refractivity contribution in [3.8, 4) is 5.75 Å². The van der Waals surface area contributed by atoms with Crippen molar-refractivity contribution in [1.82, 2.24) is 10.2 Å². The van der Waals surface area contributed by atoms with Crippen LogP contribution in [0.4, 0.5) is 0 Å². The maximum absolute atomic E-state index is 5.67. The third-order valence-electron chi connectivity index (χ3n) is 3.82. The minimum atomic E-state index is 0. The largest absolute Gasteiger partial charge is 0.494 e. The van der Waals surface area contributed by atoms with E-state index in [1.54, 1.807) is 0 Å². The van der Waals surface area contributed by atoms with Gasteiger partial charge in [-0.2, -0.15) is 0 Å². The molecule has 1 aromatic carbocycles. The lowest BCUT2D eigenvalue weighted by Crippen LogP contribution is -2.48. The molecule has 0 aromatic heterocycles. The van der Waals surface area contributed by atoms with Gasteiger partial charge in [-0.3, -0.25) is 4.90 Å². The van der Waals surface area contributed by atoms with Gasteiger partial charge in [-0.1, -0.05) is 32.9 Å². The van der Waals surface area contributed by atoms with Crippen LogP contribution in [-0.4, -0.2) is 37.7 Å². The molecule has 0 bridgehead atoms. The Hall–Kier alpha value is -0.480. The standard InChI is InChI=1S/C17H28N2O.2ClH/c1-5-20-15-8-6-7-14(13-15)16(17(2,3)4)19-11-9-18-10-12-19;;/h6-8,13,16,18H,5,9-12H2,1-4H3;2*1H/t16-;;/m1../s1. The van der Waals surface area contributed by atoms with Crippen molar-refractivity contribution in [3.63, 3.8) is 0 Å². The van der Waals surface area contributed by atoms with Crippen molar-refractivity contribution in [2.45, 2.75) is 33.7 Å². The monoisotopic (exact) mass is 348 g/mol. The first-order valence-corrected chi connectivity index (χ1v) is 7.70. The summed E-state index contributed by atoms with van der Waals surface area (Å²) < 4.78 is 5.67. The number of nitrogens with one attached hydrogen (secondary N) is 1. The van der Waals surface area contributed by atoms with Crippen LogP contribution in [0.25, 0.3) is 0 Å². The smallest absolute Gasteiger partial charge is 0.119 e. The van der Waals surface area contributed by atoms with Crippen molar-refractivity contribution >= 4 is 24.8 Å². The highest BCUT2D eigenvalue weighted by Crippen LogP contribution is 2.39. The Morgan fingerprint density at radius 3 is 2.36 bits per heavy atom. The highest BCUT2D eigenvalue weighted by molar-refractivity contribution is 5.85.